The number of benzene rings is 2. The van der Waals surface area contributed by atoms with Gasteiger partial charge in [0.05, 0.1) is 0 Å². The molecular weight excluding hydrogens is 276 g/mol. The number of nitrogen functional groups attached to an aromatic ring is 2. The predicted octanol–water partition coefficient (Wildman–Crippen LogP) is 5.12. The van der Waals surface area contributed by atoms with Gasteiger partial charge in [-0.15, -0.1) is 11.3 Å². The maximum absolute atomic E-state index is 6.18. The van der Waals surface area contributed by atoms with Gasteiger partial charge in [0.15, 0.2) is 0 Å². The molecule has 1 aromatic heterocycles. The molecule has 0 amide bonds. The van der Waals surface area contributed by atoms with Crippen LogP contribution in [-0.4, -0.2) is 0 Å². The second kappa shape index (κ2) is 5.57. The topological polar surface area (TPSA) is 52.0 Å². The molecule has 110 valence electrons. The second-order valence-corrected chi connectivity index (χ2v) is 6.78. The summed E-state index contributed by atoms with van der Waals surface area (Å²) in [6, 6.07) is 8.80. The fourth-order valence-corrected chi connectivity index (χ4v) is 4.13. The van der Waals surface area contributed by atoms with Crippen LogP contribution >= 0.6 is 11.3 Å². The van der Waals surface area contributed by atoms with Gasteiger partial charge in [-0.1, -0.05) is 26.7 Å². The molecule has 1 heterocycles. The van der Waals surface area contributed by atoms with Crippen LogP contribution in [0, 0.1) is 0 Å². The van der Waals surface area contributed by atoms with Crippen molar-refractivity contribution in [1.29, 1.82) is 0 Å². The van der Waals surface area contributed by atoms with E-state index in [0.717, 1.165) is 37.1 Å². The minimum atomic E-state index is 0.914. The van der Waals surface area contributed by atoms with Crippen LogP contribution in [0.4, 0.5) is 11.4 Å². The van der Waals surface area contributed by atoms with Gasteiger partial charge >= 0.3 is 0 Å². The van der Waals surface area contributed by atoms with Gasteiger partial charge in [0.25, 0.3) is 0 Å². The van der Waals surface area contributed by atoms with Gasteiger partial charge in [0, 0.05) is 31.5 Å². The van der Waals surface area contributed by atoms with E-state index in [9.17, 15) is 0 Å². The van der Waals surface area contributed by atoms with Gasteiger partial charge in [-0.05, 0) is 48.2 Å². The molecule has 0 aliphatic carbocycles. The first-order valence-corrected chi connectivity index (χ1v) is 8.48. The summed E-state index contributed by atoms with van der Waals surface area (Å²) in [4.78, 5) is 0. The standard InChI is InChI=1S/C18H22N2S/c1-3-5-11-7-13-14-8-12(6-4-2)16(20)10-18(14)21-17(13)9-15(11)19/h7-10H,3-6,19-20H2,1-2H3. The van der Waals surface area contributed by atoms with Gasteiger partial charge in [0.2, 0.25) is 0 Å². The Bertz CT molecular complexity index is 736. The first-order chi connectivity index (χ1) is 10.1. The molecule has 21 heavy (non-hydrogen) atoms. The third-order valence-corrected chi connectivity index (χ3v) is 5.15. The third kappa shape index (κ3) is 2.46. The number of rotatable bonds is 4. The summed E-state index contributed by atoms with van der Waals surface area (Å²) < 4.78 is 2.52. The number of nitrogens with two attached hydrogens (primary N) is 2. The van der Waals surface area contributed by atoms with E-state index in [0.29, 0.717) is 0 Å². The zero-order valence-electron chi connectivity index (χ0n) is 12.7. The second-order valence-electron chi connectivity index (χ2n) is 5.70. The molecule has 2 aromatic carbocycles. The Labute approximate surface area is 129 Å². The van der Waals surface area contributed by atoms with Crippen LogP contribution in [0.2, 0.25) is 0 Å². The molecule has 0 aliphatic rings. The van der Waals surface area contributed by atoms with Crippen molar-refractivity contribution >= 4 is 42.9 Å². The van der Waals surface area contributed by atoms with Crippen molar-refractivity contribution in [3.8, 4) is 0 Å². The molecule has 0 unspecified atom stereocenters. The Morgan fingerprint density at radius 3 is 1.57 bits per heavy atom. The number of thiophene rings is 1. The predicted molar refractivity (Wildman–Crippen MR) is 96.1 cm³/mol. The maximum Gasteiger partial charge on any atom is 0.0376 e. The average molecular weight is 298 g/mol. The third-order valence-electron chi connectivity index (χ3n) is 4.03. The summed E-state index contributed by atoms with van der Waals surface area (Å²) in [5, 5.41) is 2.65. The van der Waals surface area contributed by atoms with Crippen LogP contribution in [0.25, 0.3) is 20.2 Å². The maximum atomic E-state index is 6.18. The largest absolute Gasteiger partial charge is 0.398 e. The number of hydrogen-bond acceptors (Lipinski definition) is 3. The molecule has 3 rings (SSSR count). The number of aryl methyl sites for hydroxylation is 2. The fourth-order valence-electron chi connectivity index (χ4n) is 2.96. The molecular formula is C18H22N2S. The Hall–Kier alpha value is -1.74. The highest BCUT2D eigenvalue weighted by Crippen LogP contribution is 2.38. The summed E-state index contributed by atoms with van der Waals surface area (Å²) in [5.74, 6) is 0. The van der Waals surface area contributed by atoms with Crippen molar-refractivity contribution in [2.45, 2.75) is 39.5 Å². The van der Waals surface area contributed by atoms with Gasteiger partial charge in [-0.2, -0.15) is 0 Å². The van der Waals surface area contributed by atoms with Crippen LogP contribution in [0.1, 0.15) is 37.8 Å². The van der Waals surface area contributed by atoms with Gasteiger partial charge in [-0.25, -0.2) is 0 Å². The Morgan fingerprint density at radius 2 is 1.19 bits per heavy atom. The summed E-state index contributed by atoms with van der Waals surface area (Å²) in [6.45, 7) is 4.38. The van der Waals surface area contributed by atoms with Crippen molar-refractivity contribution < 1.29 is 0 Å². The van der Waals surface area contributed by atoms with E-state index in [1.54, 1.807) is 11.3 Å². The molecule has 2 nitrogen and oxygen atoms in total. The van der Waals surface area contributed by atoms with Crippen LogP contribution in [-0.2, 0) is 12.8 Å². The number of fused-ring (bicyclic) bond motifs is 3. The van der Waals surface area contributed by atoms with Crippen molar-refractivity contribution in [3.63, 3.8) is 0 Å². The first-order valence-electron chi connectivity index (χ1n) is 7.67. The molecule has 4 N–H and O–H groups in total. The van der Waals surface area contributed by atoms with Crippen LogP contribution in [0.15, 0.2) is 24.3 Å². The molecule has 0 saturated heterocycles. The quantitative estimate of drug-likeness (QED) is 0.656. The van der Waals surface area contributed by atoms with Crippen LogP contribution < -0.4 is 11.5 Å². The molecule has 0 saturated carbocycles. The molecule has 0 bridgehead atoms. The molecule has 0 radical (unpaired) electrons. The lowest BCUT2D eigenvalue weighted by Gasteiger charge is -2.06. The Morgan fingerprint density at radius 1 is 0.762 bits per heavy atom. The molecule has 0 aliphatic heterocycles. The lowest BCUT2D eigenvalue weighted by atomic mass is 10.0. The van der Waals surface area contributed by atoms with Gasteiger partial charge in [-0.3, -0.25) is 0 Å². The number of anilines is 2. The lowest BCUT2D eigenvalue weighted by molar-refractivity contribution is 0.925. The highest BCUT2D eigenvalue weighted by atomic mass is 32.1. The zero-order valence-corrected chi connectivity index (χ0v) is 13.5. The number of hydrogen-bond donors (Lipinski definition) is 2. The monoisotopic (exact) mass is 298 g/mol. The van der Waals surface area contributed by atoms with E-state index >= 15 is 0 Å². The molecule has 0 fully saturated rings. The Balaban J connectivity index is 2.27. The summed E-state index contributed by atoms with van der Waals surface area (Å²) >= 11 is 1.78. The highest BCUT2D eigenvalue weighted by molar-refractivity contribution is 7.25. The van der Waals surface area contributed by atoms with Gasteiger partial charge in [0.1, 0.15) is 0 Å². The highest BCUT2D eigenvalue weighted by Gasteiger charge is 2.11. The Kier molecular flexibility index (Phi) is 3.77. The van der Waals surface area contributed by atoms with Crippen molar-refractivity contribution in [2.24, 2.45) is 0 Å². The molecule has 3 aromatic rings. The summed E-state index contributed by atoms with van der Waals surface area (Å²) in [6.07, 6.45) is 4.31. The lowest BCUT2D eigenvalue weighted by Crippen LogP contribution is -1.94. The summed E-state index contributed by atoms with van der Waals surface area (Å²) in [5.41, 5.74) is 16.7. The SMILES string of the molecule is CCCc1cc2c(cc1N)sc1cc(N)c(CCC)cc12. The van der Waals surface area contributed by atoms with E-state index in [-0.39, 0.29) is 0 Å². The van der Waals surface area contributed by atoms with Crippen molar-refractivity contribution in [2.75, 3.05) is 11.5 Å². The molecule has 0 atom stereocenters. The molecule has 3 heteroatoms. The average Bonchev–Trinajstić information content (AvgIpc) is 2.77. The van der Waals surface area contributed by atoms with E-state index in [2.05, 4.69) is 38.1 Å². The van der Waals surface area contributed by atoms with E-state index in [1.807, 2.05) is 0 Å². The van der Waals surface area contributed by atoms with Crippen molar-refractivity contribution in [3.05, 3.63) is 35.4 Å². The molecule has 0 spiro atoms. The van der Waals surface area contributed by atoms with E-state index in [1.165, 1.54) is 31.3 Å². The smallest absolute Gasteiger partial charge is 0.0376 e. The van der Waals surface area contributed by atoms with Crippen molar-refractivity contribution in [1.82, 2.24) is 0 Å². The fraction of sp³-hybridized carbons (Fsp3) is 0.333. The van der Waals surface area contributed by atoms with Crippen LogP contribution in [0.3, 0.4) is 0 Å². The zero-order chi connectivity index (χ0) is 15.0. The normalized spacial score (nSPS) is 11.5. The minimum absolute atomic E-state index is 0.914. The van der Waals surface area contributed by atoms with Gasteiger partial charge < -0.3 is 11.5 Å². The first kappa shape index (κ1) is 14.2. The van der Waals surface area contributed by atoms with E-state index < -0.39 is 0 Å². The minimum Gasteiger partial charge on any atom is -0.398 e. The summed E-state index contributed by atoms with van der Waals surface area (Å²) in [7, 11) is 0. The van der Waals surface area contributed by atoms with E-state index in [4.69, 9.17) is 11.5 Å². The van der Waals surface area contributed by atoms with Crippen LogP contribution in [0.5, 0.6) is 0 Å².